The number of carbonyl (C=O) groups is 5. The number of carboxylic acid groups (broad SMARTS) is 1. The third-order valence-corrected chi connectivity index (χ3v) is 12.1. The summed E-state index contributed by atoms with van der Waals surface area (Å²) in [6.45, 7) is 2.50. The highest BCUT2D eigenvalue weighted by Gasteiger charge is 2.65. The van der Waals surface area contributed by atoms with Crippen molar-refractivity contribution in [2.45, 2.75) is 81.9 Å². The molecule has 1 aromatic rings. The number of nitrogens with two attached hydrogens (primary N) is 1. The predicted octanol–water partition coefficient (Wildman–Crippen LogP) is 1.30. The summed E-state index contributed by atoms with van der Waals surface area (Å²) in [5, 5.41) is 18.2. The second-order valence-corrected chi connectivity index (χ2v) is 15.2. The van der Waals surface area contributed by atoms with Crippen molar-refractivity contribution in [3.05, 3.63) is 35.1 Å². The third kappa shape index (κ3) is 7.57. The van der Waals surface area contributed by atoms with Crippen LogP contribution in [0.15, 0.2) is 29.0 Å². The molecule has 1 aromatic carbocycles. The van der Waals surface area contributed by atoms with Crippen LogP contribution in [0.25, 0.3) is 0 Å². The van der Waals surface area contributed by atoms with Crippen molar-refractivity contribution >= 4 is 35.6 Å². The molecule has 3 aliphatic heterocycles. The van der Waals surface area contributed by atoms with Crippen LogP contribution < -0.4 is 31.2 Å². The van der Waals surface area contributed by atoms with Crippen LogP contribution >= 0.6 is 0 Å². The van der Waals surface area contributed by atoms with Crippen LogP contribution in [0.5, 0.6) is 11.5 Å². The Morgan fingerprint density at radius 2 is 1.96 bits per heavy atom. The van der Waals surface area contributed by atoms with E-state index in [0.717, 1.165) is 24.9 Å². The summed E-state index contributed by atoms with van der Waals surface area (Å²) in [6, 6.07) is 3.70. The molecule has 2 aliphatic carbocycles. The van der Waals surface area contributed by atoms with Gasteiger partial charge in [0.05, 0.1) is 25.6 Å². The van der Waals surface area contributed by atoms with E-state index in [1.165, 1.54) is 17.4 Å². The number of benzene rings is 1. The Labute approximate surface area is 315 Å². The first kappa shape index (κ1) is 38.9. The predicted molar refractivity (Wildman–Crippen MR) is 197 cm³/mol. The number of piperidine rings is 2. The van der Waals surface area contributed by atoms with Gasteiger partial charge in [-0.3, -0.25) is 24.2 Å². The number of carboxylic acids is 1. The summed E-state index contributed by atoms with van der Waals surface area (Å²) < 4.78 is 18.7. The van der Waals surface area contributed by atoms with E-state index in [0.29, 0.717) is 49.1 Å². The maximum absolute atomic E-state index is 14.1. The number of amides is 3. The highest BCUT2D eigenvalue weighted by Crippen LogP contribution is 2.63. The van der Waals surface area contributed by atoms with Gasteiger partial charge in [0.2, 0.25) is 11.8 Å². The molecule has 1 spiro atoms. The summed E-state index contributed by atoms with van der Waals surface area (Å²) in [5.74, 6) is -1.18. The second-order valence-electron chi connectivity index (χ2n) is 15.2. The summed E-state index contributed by atoms with van der Waals surface area (Å²) in [7, 11) is 5.34. The fourth-order valence-electron chi connectivity index (χ4n) is 9.33. The van der Waals surface area contributed by atoms with E-state index in [1.807, 2.05) is 12.1 Å². The van der Waals surface area contributed by atoms with Crippen molar-refractivity contribution in [1.29, 1.82) is 0 Å². The summed E-state index contributed by atoms with van der Waals surface area (Å²) >= 11 is 0. The van der Waals surface area contributed by atoms with Gasteiger partial charge in [-0.1, -0.05) is 6.07 Å². The van der Waals surface area contributed by atoms with Crippen molar-refractivity contribution < 1.29 is 43.3 Å². The fraction of sp³-hybridized carbons (Fsp3) is 0.632. The van der Waals surface area contributed by atoms with Gasteiger partial charge >= 0.3 is 12.1 Å². The van der Waals surface area contributed by atoms with Crippen LogP contribution in [0.4, 0.5) is 4.79 Å². The molecule has 5 aliphatic rings. The molecule has 2 unspecified atom stereocenters. The van der Waals surface area contributed by atoms with E-state index in [4.69, 9.17) is 19.9 Å². The van der Waals surface area contributed by atoms with Gasteiger partial charge in [0.15, 0.2) is 29.3 Å². The average Bonchev–Trinajstić information content (AvgIpc) is 3.51. The number of nitrogens with zero attached hydrogens (tertiary/aromatic N) is 3. The summed E-state index contributed by atoms with van der Waals surface area (Å²) in [4.78, 5) is 71.7. The zero-order valence-corrected chi connectivity index (χ0v) is 31.5. The standard InChI is InChI=1S/C38H53N7O9/c1-21(46)42-20-26(47)17-23(6-5-13-41-36(39)40-2)34(48)43-19-25-16-24(35(49)50)11-14-45(25)37(51)53-30-10-8-27-28-18-22-7-9-29(52-4)32-31(22)38(27,33(30)54-32)12-15-44(28)3/h7,9-10,23-25,27-28,33H,5-6,8,11-20H2,1-4H3,(H,42,46)(H,43,48)(H,49,50)(H3,39,40,41)/t23-,24?,25?,27+,28-,33+,38+/m1/s1. The Morgan fingerprint density at radius 3 is 2.69 bits per heavy atom. The van der Waals surface area contributed by atoms with Crippen LogP contribution in [0.2, 0.25) is 0 Å². The van der Waals surface area contributed by atoms with Gasteiger partial charge in [-0.25, -0.2) is 4.79 Å². The Bertz CT molecular complexity index is 1720. The van der Waals surface area contributed by atoms with Gasteiger partial charge < -0.3 is 50.8 Å². The van der Waals surface area contributed by atoms with E-state index in [9.17, 15) is 29.1 Å². The van der Waals surface area contributed by atoms with E-state index < -0.39 is 42.0 Å². The van der Waals surface area contributed by atoms with Crippen molar-refractivity contribution in [2.24, 2.45) is 28.5 Å². The van der Waals surface area contributed by atoms with E-state index in [2.05, 4.69) is 39.0 Å². The first-order valence-corrected chi connectivity index (χ1v) is 18.9. The number of likely N-dealkylation sites (N-methyl/N-ethyl adjacent to an activating group) is 1. The minimum Gasteiger partial charge on any atom is -0.493 e. The van der Waals surface area contributed by atoms with Gasteiger partial charge in [0, 0.05) is 63.0 Å². The van der Waals surface area contributed by atoms with E-state index >= 15 is 0 Å². The van der Waals surface area contributed by atoms with Gasteiger partial charge in [-0.15, -0.1) is 0 Å². The molecule has 3 amide bonds. The zero-order valence-electron chi connectivity index (χ0n) is 31.5. The molecular weight excluding hydrogens is 698 g/mol. The molecular formula is C38H53N7O9. The molecule has 2 fully saturated rings. The number of likely N-dealkylation sites (tertiary alicyclic amines) is 2. The number of nitrogens with one attached hydrogen (secondary N) is 3. The number of aliphatic carboxylic acids is 1. The maximum Gasteiger partial charge on any atom is 0.415 e. The normalized spacial score (nSPS) is 27.4. The lowest BCUT2D eigenvalue weighted by atomic mass is 9.53. The molecule has 2 bridgehead atoms. The number of allylic oxidation sites excluding steroid dienone is 1. The molecule has 294 valence electrons. The Kier molecular flexibility index (Phi) is 11.7. The first-order valence-electron chi connectivity index (χ1n) is 18.9. The molecule has 54 heavy (non-hydrogen) atoms. The van der Waals surface area contributed by atoms with E-state index in [-0.39, 0.29) is 67.9 Å². The molecule has 0 aromatic heterocycles. The second kappa shape index (κ2) is 16.2. The molecule has 16 nitrogen and oxygen atoms in total. The van der Waals surface area contributed by atoms with Crippen LogP contribution in [0, 0.1) is 17.8 Å². The molecule has 0 saturated carbocycles. The van der Waals surface area contributed by atoms with Crippen LogP contribution in [-0.4, -0.2) is 123 Å². The molecule has 2 saturated heterocycles. The van der Waals surface area contributed by atoms with Crippen molar-refractivity contribution in [3.63, 3.8) is 0 Å². The lowest BCUT2D eigenvalue weighted by Gasteiger charge is -2.56. The SMILES string of the molecule is CN=C(N)NCCC[C@H](CC(=O)CNC(C)=O)C(=O)NCC1CC(C(=O)O)CCN1C(=O)OC1=CC[C@H]2[C@H]3Cc4ccc(OC)c5c4[C@@]2(CCN3C)[C@H]1O5. The number of ketones is 1. The quantitative estimate of drug-likeness (QED) is 0.103. The van der Waals surface area contributed by atoms with Crippen LogP contribution in [0.1, 0.15) is 63.0 Å². The number of Topliss-reactive ketones (excluding diaryl/α,β-unsaturated/α-hetero) is 1. The van der Waals surface area contributed by atoms with E-state index in [1.54, 1.807) is 14.2 Å². The average molecular weight is 752 g/mol. The number of ether oxygens (including phenoxy) is 3. The van der Waals surface area contributed by atoms with Crippen molar-refractivity contribution in [2.75, 3.05) is 53.9 Å². The molecule has 7 atom stereocenters. The molecule has 3 heterocycles. The fourth-order valence-corrected chi connectivity index (χ4v) is 9.33. The highest BCUT2D eigenvalue weighted by atomic mass is 16.6. The number of hydrogen-bond donors (Lipinski definition) is 5. The lowest BCUT2D eigenvalue weighted by molar-refractivity contribution is -0.144. The number of aliphatic imine (C=N–C) groups is 1. The van der Waals surface area contributed by atoms with Gasteiger partial charge in [0.1, 0.15) is 5.76 Å². The largest absolute Gasteiger partial charge is 0.493 e. The highest BCUT2D eigenvalue weighted by molar-refractivity contribution is 5.90. The van der Waals surface area contributed by atoms with Gasteiger partial charge in [-0.2, -0.15) is 0 Å². The number of methoxy groups -OCH3 is 1. The Morgan fingerprint density at radius 1 is 1.17 bits per heavy atom. The molecule has 16 heteroatoms. The number of rotatable bonds is 14. The maximum atomic E-state index is 14.1. The minimum absolute atomic E-state index is 0.0349. The van der Waals surface area contributed by atoms with Gasteiger partial charge in [-0.05, 0) is 82.2 Å². The van der Waals surface area contributed by atoms with Crippen molar-refractivity contribution in [1.82, 2.24) is 25.8 Å². The first-order chi connectivity index (χ1) is 25.9. The Hall–Kier alpha value is -4.86. The minimum atomic E-state index is -0.973. The van der Waals surface area contributed by atoms with Crippen LogP contribution in [0.3, 0.4) is 0 Å². The molecule has 6 rings (SSSR count). The third-order valence-electron chi connectivity index (χ3n) is 12.1. The van der Waals surface area contributed by atoms with Gasteiger partial charge in [0.25, 0.3) is 0 Å². The summed E-state index contributed by atoms with van der Waals surface area (Å²) in [5.41, 5.74) is 7.73. The smallest absolute Gasteiger partial charge is 0.415 e. The monoisotopic (exact) mass is 751 g/mol. The summed E-state index contributed by atoms with van der Waals surface area (Å²) in [6.07, 6.45) is 4.33. The number of guanidine groups is 1. The number of carbonyl (C=O) groups excluding carboxylic acids is 4. The number of hydrogen-bond acceptors (Lipinski definition) is 10. The molecule has 6 N–H and O–H groups in total. The topological polar surface area (TPSA) is 214 Å². The van der Waals surface area contributed by atoms with Crippen molar-refractivity contribution in [3.8, 4) is 11.5 Å². The lowest BCUT2D eigenvalue weighted by Crippen LogP contribution is -2.63. The Balaban J connectivity index is 1.17. The zero-order chi connectivity index (χ0) is 38.7. The molecule has 0 radical (unpaired) electrons. The van der Waals surface area contributed by atoms with Crippen LogP contribution in [-0.2, 0) is 35.8 Å².